The van der Waals surface area contributed by atoms with Crippen LogP contribution in [0.2, 0.25) is 0 Å². The zero-order chi connectivity index (χ0) is 25.5. The molecule has 0 saturated heterocycles. The fraction of sp³-hybridized carbons (Fsp3) is 0.360. The minimum absolute atomic E-state index is 0.00172. The summed E-state index contributed by atoms with van der Waals surface area (Å²) in [5, 5.41) is 3.11. The molecule has 0 fully saturated rings. The minimum Gasteiger partial charge on any atom is -0.467 e. The van der Waals surface area contributed by atoms with Gasteiger partial charge in [-0.25, -0.2) is 18.2 Å². The van der Waals surface area contributed by atoms with E-state index in [0.29, 0.717) is 24.5 Å². The van der Waals surface area contributed by atoms with E-state index in [9.17, 15) is 9.18 Å². The predicted molar refractivity (Wildman–Crippen MR) is 125 cm³/mol. The Hall–Kier alpha value is -3.69. The largest absolute Gasteiger partial charge is 0.467 e. The third-order valence-electron chi connectivity index (χ3n) is 5.98. The van der Waals surface area contributed by atoms with Crippen molar-refractivity contribution in [3.8, 4) is 17.3 Å². The summed E-state index contributed by atoms with van der Waals surface area (Å²) < 4.78 is 49.9. The molecule has 0 spiro atoms. The van der Waals surface area contributed by atoms with Crippen molar-refractivity contribution >= 4 is 11.7 Å². The average molecular weight is 486 g/mol. The van der Waals surface area contributed by atoms with Crippen LogP contribution in [0.25, 0.3) is 11.3 Å². The van der Waals surface area contributed by atoms with E-state index >= 15 is 8.78 Å². The highest BCUT2D eigenvalue weighted by molar-refractivity contribution is 5.99. The molecule has 1 aliphatic heterocycles. The first-order chi connectivity index (χ1) is 16.5. The van der Waals surface area contributed by atoms with Gasteiger partial charge in [0.25, 0.3) is 5.91 Å². The van der Waals surface area contributed by atoms with Crippen molar-refractivity contribution in [1.29, 1.82) is 0 Å². The third kappa shape index (κ3) is 4.65. The van der Waals surface area contributed by atoms with E-state index in [1.165, 1.54) is 33.2 Å². The molecule has 1 aromatic carbocycles. The lowest BCUT2D eigenvalue weighted by molar-refractivity contribution is 0.0787. The first-order valence-electron chi connectivity index (χ1n) is 11.2. The van der Waals surface area contributed by atoms with Crippen molar-refractivity contribution < 1.29 is 22.7 Å². The molecule has 7 nitrogen and oxygen atoms in total. The number of fused-ring (bicyclic) bond motifs is 1. The number of nitrogens with one attached hydrogen (secondary N) is 1. The number of carbonyl (C=O) groups is 1. The smallest absolute Gasteiger partial charge is 0.316 e. The van der Waals surface area contributed by atoms with Gasteiger partial charge in [0.15, 0.2) is 0 Å². The van der Waals surface area contributed by atoms with Gasteiger partial charge in [-0.3, -0.25) is 4.79 Å². The van der Waals surface area contributed by atoms with E-state index in [0.717, 1.165) is 17.7 Å². The van der Waals surface area contributed by atoms with Crippen LogP contribution in [0, 0.1) is 11.6 Å². The number of amides is 1. The molecule has 35 heavy (non-hydrogen) atoms. The van der Waals surface area contributed by atoms with Gasteiger partial charge >= 0.3 is 6.01 Å². The normalized spacial score (nSPS) is 14.2. The van der Waals surface area contributed by atoms with Gasteiger partial charge in [-0.15, -0.1) is 0 Å². The Morgan fingerprint density at radius 1 is 1.17 bits per heavy atom. The number of hydrogen-bond acceptors (Lipinski definition) is 6. The quantitative estimate of drug-likeness (QED) is 0.497. The van der Waals surface area contributed by atoms with Crippen LogP contribution >= 0.6 is 0 Å². The lowest BCUT2D eigenvalue weighted by Crippen LogP contribution is -2.22. The van der Waals surface area contributed by atoms with Gasteiger partial charge in [0.1, 0.15) is 23.1 Å². The molecule has 10 heteroatoms. The molecule has 184 valence electrons. The number of halogens is 3. The molecule has 2 aromatic heterocycles. The van der Waals surface area contributed by atoms with Gasteiger partial charge in [-0.05, 0) is 52.0 Å². The number of anilines is 1. The number of nitrogens with zero attached hydrogens (tertiary/aromatic N) is 4. The van der Waals surface area contributed by atoms with Crippen molar-refractivity contribution in [2.45, 2.75) is 46.0 Å². The molecule has 1 aliphatic rings. The Kier molecular flexibility index (Phi) is 6.40. The number of hydrogen-bond donors (Lipinski definition) is 1. The molecular formula is C25H26F3N5O2. The lowest BCUT2D eigenvalue weighted by Gasteiger charge is -2.19. The monoisotopic (exact) mass is 485 g/mol. The van der Waals surface area contributed by atoms with Gasteiger partial charge in [-0.1, -0.05) is 0 Å². The van der Waals surface area contributed by atoms with Crippen molar-refractivity contribution in [1.82, 2.24) is 19.9 Å². The van der Waals surface area contributed by atoms with E-state index in [1.54, 1.807) is 17.9 Å². The Labute approximate surface area is 201 Å². The molecule has 4 rings (SSSR count). The summed E-state index contributed by atoms with van der Waals surface area (Å²) in [7, 11) is 1.31. The molecule has 1 atom stereocenters. The molecule has 0 aliphatic carbocycles. The highest BCUT2D eigenvalue weighted by Crippen LogP contribution is 2.34. The van der Waals surface area contributed by atoms with Crippen molar-refractivity contribution in [3.05, 3.63) is 64.5 Å². The second kappa shape index (κ2) is 9.16. The van der Waals surface area contributed by atoms with Crippen LogP contribution in [0.5, 0.6) is 6.01 Å². The second-order valence-electron chi connectivity index (χ2n) is 8.82. The summed E-state index contributed by atoms with van der Waals surface area (Å²) >= 11 is 0. The fourth-order valence-corrected chi connectivity index (χ4v) is 4.00. The lowest BCUT2D eigenvalue weighted by atomic mass is 10.00. The fourth-order valence-electron chi connectivity index (χ4n) is 4.00. The number of rotatable bonds is 7. The van der Waals surface area contributed by atoms with Crippen LogP contribution in [0.15, 0.2) is 30.5 Å². The van der Waals surface area contributed by atoms with Crippen molar-refractivity contribution in [2.24, 2.45) is 0 Å². The second-order valence-corrected chi connectivity index (χ2v) is 8.82. The number of carbonyl (C=O) groups excluding carboxylic acids is 1. The van der Waals surface area contributed by atoms with Gasteiger partial charge in [0.05, 0.1) is 31.1 Å². The molecule has 0 radical (unpaired) electrons. The van der Waals surface area contributed by atoms with Gasteiger partial charge in [0.2, 0.25) is 0 Å². The molecule has 3 aromatic rings. The predicted octanol–water partition coefficient (Wildman–Crippen LogP) is 5.18. The van der Waals surface area contributed by atoms with E-state index in [1.807, 2.05) is 6.92 Å². The first kappa shape index (κ1) is 24.4. The van der Waals surface area contributed by atoms with Crippen molar-refractivity contribution in [2.75, 3.05) is 19.0 Å². The SMILES string of the molecule is CCN1Cc2c(ccnc2NC(C)c2cc(F)c(-c3cc(C(C)(C)F)nc(OC)n3)cc2F)C1=O. The standard InChI is InChI=1S/C25H26F3N5O2/c1-6-33-12-17-14(23(33)34)7-8-29-22(17)30-13(2)15-9-19(27)16(10-18(15)26)20-11-21(25(3,4)28)32-24(31-20)35-5/h7-11,13H,6,12H2,1-5H3,(H,29,30). The molecule has 1 unspecified atom stereocenters. The van der Waals surface area contributed by atoms with Gasteiger partial charge in [0, 0.05) is 35.0 Å². The summed E-state index contributed by atoms with van der Waals surface area (Å²) in [5.74, 6) is -1.06. The Morgan fingerprint density at radius 2 is 1.91 bits per heavy atom. The number of benzene rings is 1. The van der Waals surface area contributed by atoms with E-state index in [-0.39, 0.29) is 34.4 Å². The maximum Gasteiger partial charge on any atom is 0.316 e. The van der Waals surface area contributed by atoms with Gasteiger partial charge < -0.3 is 15.0 Å². The Balaban J connectivity index is 1.67. The Bertz CT molecular complexity index is 1290. The molecular weight excluding hydrogens is 459 g/mol. The zero-order valence-electron chi connectivity index (χ0n) is 20.1. The highest BCUT2D eigenvalue weighted by Gasteiger charge is 2.30. The molecule has 0 bridgehead atoms. The minimum atomic E-state index is -1.84. The van der Waals surface area contributed by atoms with E-state index in [2.05, 4.69) is 20.3 Å². The number of pyridine rings is 1. The van der Waals surface area contributed by atoms with Crippen LogP contribution in [0.4, 0.5) is 19.0 Å². The summed E-state index contributed by atoms with van der Waals surface area (Å²) in [6.07, 6.45) is 1.51. The zero-order valence-corrected chi connectivity index (χ0v) is 20.1. The molecule has 1 N–H and O–H groups in total. The average Bonchev–Trinajstić information content (AvgIpc) is 3.16. The van der Waals surface area contributed by atoms with Crippen LogP contribution in [-0.4, -0.2) is 39.4 Å². The molecule has 3 heterocycles. The summed E-state index contributed by atoms with van der Waals surface area (Å²) in [6.45, 7) is 7.11. The molecule has 1 amide bonds. The molecule has 0 saturated carbocycles. The van der Waals surface area contributed by atoms with Crippen LogP contribution < -0.4 is 10.1 Å². The summed E-state index contributed by atoms with van der Waals surface area (Å²) in [5.41, 5.74) is -0.668. The van der Waals surface area contributed by atoms with Crippen LogP contribution in [0.3, 0.4) is 0 Å². The summed E-state index contributed by atoms with van der Waals surface area (Å²) in [6, 6.07) is 4.20. The van der Waals surface area contributed by atoms with E-state index < -0.39 is 23.3 Å². The van der Waals surface area contributed by atoms with Crippen LogP contribution in [-0.2, 0) is 12.2 Å². The third-order valence-corrected chi connectivity index (χ3v) is 5.98. The maximum atomic E-state index is 15.2. The Morgan fingerprint density at radius 3 is 2.57 bits per heavy atom. The number of aromatic nitrogens is 3. The van der Waals surface area contributed by atoms with E-state index in [4.69, 9.17) is 4.74 Å². The maximum absolute atomic E-state index is 15.2. The summed E-state index contributed by atoms with van der Waals surface area (Å²) in [4.78, 5) is 26.5. The topological polar surface area (TPSA) is 80.2 Å². The number of methoxy groups -OCH3 is 1. The van der Waals surface area contributed by atoms with Crippen molar-refractivity contribution in [3.63, 3.8) is 0 Å². The number of ether oxygens (including phenoxy) is 1. The highest BCUT2D eigenvalue weighted by atomic mass is 19.1. The van der Waals surface area contributed by atoms with Crippen LogP contribution in [0.1, 0.15) is 60.9 Å². The van der Waals surface area contributed by atoms with Gasteiger partial charge in [-0.2, -0.15) is 9.97 Å². The number of alkyl halides is 1. The first-order valence-corrected chi connectivity index (χ1v) is 11.2.